The molecular weight excluding hydrogens is 426 g/mol. The first-order chi connectivity index (χ1) is 16.6. The lowest BCUT2D eigenvalue weighted by Crippen LogP contribution is -2.41. The van der Waals surface area contributed by atoms with Crippen LogP contribution in [0.2, 0.25) is 0 Å². The summed E-state index contributed by atoms with van der Waals surface area (Å²) in [5.74, 6) is -0.167. The predicted molar refractivity (Wildman–Crippen MR) is 131 cm³/mol. The average Bonchev–Trinajstić information content (AvgIpc) is 2.91. The van der Waals surface area contributed by atoms with Gasteiger partial charge in [-0.1, -0.05) is 78.9 Å². The maximum Gasteiger partial charge on any atom is 0.274 e. The Bertz CT molecular complexity index is 1390. The van der Waals surface area contributed by atoms with E-state index in [0.717, 1.165) is 5.56 Å². The van der Waals surface area contributed by atoms with Crippen LogP contribution in [-0.2, 0) is 6.54 Å². The van der Waals surface area contributed by atoms with E-state index in [-0.39, 0.29) is 28.9 Å². The standard InChI is InChI=1S/C28H25N3O3/c32-26(21-11-5-2-6-12-21)22-15-17-30(18-16-22)28(34)25-23-13-7-8-14-24(23)27(33)31(29-25)19-20-9-3-1-4-10-20/h1-14,22H,15-19H2. The average molecular weight is 452 g/mol. The number of hydrogen-bond donors (Lipinski definition) is 0. The van der Waals surface area contributed by atoms with Gasteiger partial charge in [-0.15, -0.1) is 0 Å². The lowest BCUT2D eigenvalue weighted by Gasteiger charge is -2.31. The summed E-state index contributed by atoms with van der Waals surface area (Å²) in [6.07, 6.45) is 1.22. The molecule has 1 saturated heterocycles. The van der Waals surface area contributed by atoms with E-state index in [4.69, 9.17) is 0 Å². The number of fused-ring (bicyclic) bond motifs is 1. The van der Waals surface area contributed by atoms with Gasteiger partial charge in [0.05, 0.1) is 11.9 Å². The molecule has 1 aliphatic heterocycles. The SMILES string of the molecule is O=C(c1ccccc1)C1CCN(C(=O)c2nn(Cc3ccccc3)c(=O)c3ccccc23)CC1. The number of carbonyl (C=O) groups is 2. The molecule has 6 heteroatoms. The van der Waals surface area contributed by atoms with Crippen molar-refractivity contribution in [3.05, 3.63) is 112 Å². The molecule has 6 nitrogen and oxygen atoms in total. The third-order valence-electron chi connectivity index (χ3n) is 6.46. The second-order valence-corrected chi connectivity index (χ2v) is 8.64. The van der Waals surface area contributed by atoms with E-state index >= 15 is 0 Å². The first kappa shape index (κ1) is 21.8. The fourth-order valence-electron chi connectivity index (χ4n) is 4.59. The molecule has 0 N–H and O–H groups in total. The van der Waals surface area contributed by atoms with Crippen molar-refractivity contribution < 1.29 is 9.59 Å². The Balaban J connectivity index is 1.40. The zero-order chi connectivity index (χ0) is 23.5. The molecule has 0 bridgehead atoms. The van der Waals surface area contributed by atoms with Gasteiger partial charge < -0.3 is 4.90 Å². The first-order valence-electron chi connectivity index (χ1n) is 11.5. The highest BCUT2D eigenvalue weighted by Gasteiger charge is 2.30. The van der Waals surface area contributed by atoms with E-state index in [0.29, 0.717) is 48.8 Å². The molecule has 170 valence electrons. The number of piperidine rings is 1. The molecule has 1 aliphatic rings. The van der Waals surface area contributed by atoms with Crippen LogP contribution in [-0.4, -0.2) is 39.5 Å². The number of likely N-dealkylation sites (tertiary alicyclic amines) is 1. The topological polar surface area (TPSA) is 72.3 Å². The third kappa shape index (κ3) is 4.27. The van der Waals surface area contributed by atoms with Crippen molar-refractivity contribution in [1.29, 1.82) is 0 Å². The molecule has 3 aromatic carbocycles. The summed E-state index contributed by atoms with van der Waals surface area (Å²) in [6, 6.07) is 26.0. The minimum absolute atomic E-state index is 0.0943. The highest BCUT2D eigenvalue weighted by atomic mass is 16.2. The fraction of sp³-hybridized carbons (Fsp3) is 0.214. The second kappa shape index (κ2) is 9.43. The van der Waals surface area contributed by atoms with E-state index in [1.807, 2.05) is 66.7 Å². The van der Waals surface area contributed by atoms with Crippen LogP contribution in [0.5, 0.6) is 0 Å². The highest BCUT2D eigenvalue weighted by molar-refractivity contribution is 6.05. The summed E-state index contributed by atoms with van der Waals surface area (Å²) in [5.41, 5.74) is 1.71. The van der Waals surface area contributed by atoms with Crippen molar-refractivity contribution in [3.8, 4) is 0 Å². The maximum atomic E-state index is 13.5. The smallest absolute Gasteiger partial charge is 0.274 e. The van der Waals surface area contributed by atoms with Crippen molar-refractivity contribution in [3.63, 3.8) is 0 Å². The van der Waals surface area contributed by atoms with Crippen molar-refractivity contribution in [1.82, 2.24) is 14.7 Å². The Labute approximate surface area is 197 Å². The Morgan fingerprint density at radius 2 is 1.38 bits per heavy atom. The van der Waals surface area contributed by atoms with Crippen molar-refractivity contribution >= 4 is 22.5 Å². The molecule has 0 spiro atoms. The van der Waals surface area contributed by atoms with Crippen LogP contribution in [0.15, 0.2) is 89.7 Å². The number of rotatable bonds is 5. The number of nitrogens with zero attached hydrogens (tertiary/aromatic N) is 3. The largest absolute Gasteiger partial charge is 0.337 e. The van der Waals surface area contributed by atoms with Crippen LogP contribution in [0.25, 0.3) is 10.8 Å². The van der Waals surface area contributed by atoms with Gasteiger partial charge in [0.15, 0.2) is 11.5 Å². The normalized spacial score (nSPS) is 14.3. The van der Waals surface area contributed by atoms with Crippen molar-refractivity contribution in [2.45, 2.75) is 19.4 Å². The molecule has 2 heterocycles. The highest BCUT2D eigenvalue weighted by Crippen LogP contribution is 2.24. The van der Waals surface area contributed by atoms with Crippen LogP contribution in [0.1, 0.15) is 39.3 Å². The van der Waals surface area contributed by atoms with Gasteiger partial charge in [-0.3, -0.25) is 14.4 Å². The van der Waals surface area contributed by atoms with Gasteiger partial charge >= 0.3 is 0 Å². The summed E-state index contributed by atoms with van der Waals surface area (Å²) >= 11 is 0. The van der Waals surface area contributed by atoms with Crippen LogP contribution >= 0.6 is 0 Å². The predicted octanol–water partition coefficient (Wildman–Crippen LogP) is 4.18. The minimum atomic E-state index is -0.219. The summed E-state index contributed by atoms with van der Waals surface area (Å²) < 4.78 is 1.37. The number of Topliss-reactive ketones (excluding diaryl/α,β-unsaturated/α-hetero) is 1. The lowest BCUT2D eigenvalue weighted by atomic mass is 9.89. The summed E-state index contributed by atoms with van der Waals surface area (Å²) in [5, 5.41) is 5.56. The van der Waals surface area contributed by atoms with Gasteiger partial charge in [-0.2, -0.15) is 5.10 Å². The number of hydrogen-bond acceptors (Lipinski definition) is 4. The molecule has 0 unspecified atom stereocenters. The Morgan fingerprint density at radius 1 is 0.794 bits per heavy atom. The van der Waals surface area contributed by atoms with E-state index in [9.17, 15) is 14.4 Å². The molecule has 1 amide bonds. The van der Waals surface area contributed by atoms with Crippen LogP contribution in [0.3, 0.4) is 0 Å². The number of aromatic nitrogens is 2. The zero-order valence-corrected chi connectivity index (χ0v) is 18.8. The van der Waals surface area contributed by atoms with Gasteiger partial charge in [0, 0.05) is 30.0 Å². The van der Waals surface area contributed by atoms with Gasteiger partial charge in [-0.25, -0.2) is 4.68 Å². The molecule has 1 fully saturated rings. The van der Waals surface area contributed by atoms with Gasteiger partial charge in [0.25, 0.3) is 11.5 Å². The molecule has 0 aliphatic carbocycles. The van der Waals surface area contributed by atoms with E-state index in [1.54, 1.807) is 23.1 Å². The quantitative estimate of drug-likeness (QED) is 0.427. The van der Waals surface area contributed by atoms with Crippen LogP contribution in [0.4, 0.5) is 0 Å². The van der Waals surface area contributed by atoms with E-state index in [2.05, 4.69) is 5.10 Å². The monoisotopic (exact) mass is 451 g/mol. The molecule has 0 atom stereocenters. The Kier molecular flexibility index (Phi) is 6.04. The van der Waals surface area contributed by atoms with E-state index in [1.165, 1.54) is 4.68 Å². The Morgan fingerprint density at radius 3 is 2.06 bits per heavy atom. The minimum Gasteiger partial charge on any atom is -0.337 e. The fourth-order valence-corrected chi connectivity index (χ4v) is 4.59. The van der Waals surface area contributed by atoms with Gasteiger partial charge in [0.2, 0.25) is 0 Å². The van der Waals surface area contributed by atoms with Gasteiger partial charge in [0.1, 0.15) is 0 Å². The second-order valence-electron chi connectivity index (χ2n) is 8.64. The number of carbonyl (C=O) groups excluding carboxylic acids is 2. The first-order valence-corrected chi connectivity index (χ1v) is 11.5. The molecule has 0 saturated carbocycles. The maximum absolute atomic E-state index is 13.5. The molecule has 4 aromatic rings. The molecular formula is C28H25N3O3. The molecule has 5 rings (SSSR count). The summed E-state index contributed by atoms with van der Waals surface area (Å²) in [4.78, 5) is 41.2. The Hall–Kier alpha value is -4.06. The van der Waals surface area contributed by atoms with Crippen LogP contribution < -0.4 is 5.56 Å². The number of benzene rings is 3. The summed E-state index contributed by atoms with van der Waals surface area (Å²) in [7, 11) is 0. The zero-order valence-electron chi connectivity index (χ0n) is 18.8. The third-order valence-corrected chi connectivity index (χ3v) is 6.46. The molecule has 1 aromatic heterocycles. The van der Waals surface area contributed by atoms with Crippen LogP contribution in [0, 0.1) is 5.92 Å². The van der Waals surface area contributed by atoms with Crippen molar-refractivity contribution in [2.75, 3.05) is 13.1 Å². The van der Waals surface area contributed by atoms with E-state index < -0.39 is 0 Å². The lowest BCUT2D eigenvalue weighted by molar-refractivity contribution is 0.0645. The molecule has 0 radical (unpaired) electrons. The number of amides is 1. The summed E-state index contributed by atoms with van der Waals surface area (Å²) in [6.45, 7) is 1.25. The van der Waals surface area contributed by atoms with Gasteiger partial charge in [-0.05, 0) is 24.5 Å². The molecule has 34 heavy (non-hydrogen) atoms. The van der Waals surface area contributed by atoms with Crippen molar-refractivity contribution in [2.24, 2.45) is 5.92 Å². The number of ketones is 1.